The average molecular weight is 406 g/mol. The fraction of sp³-hybridized carbons (Fsp3) is 0.238. The van der Waals surface area contributed by atoms with E-state index in [-0.39, 0.29) is 5.91 Å². The number of amides is 1. The molecule has 0 saturated carbocycles. The van der Waals surface area contributed by atoms with Crippen molar-refractivity contribution in [2.24, 2.45) is 0 Å². The Bertz CT molecular complexity index is 878. The van der Waals surface area contributed by atoms with Crippen molar-refractivity contribution in [3.63, 3.8) is 0 Å². The highest BCUT2D eigenvalue weighted by Gasteiger charge is 2.18. The molecule has 0 aliphatic heterocycles. The molecule has 0 spiro atoms. The molecule has 2 rings (SSSR count). The van der Waals surface area contributed by atoms with Crippen LogP contribution in [0.15, 0.2) is 42.5 Å². The van der Waals surface area contributed by atoms with Crippen molar-refractivity contribution < 1.29 is 14.3 Å². The molecule has 0 fully saturated rings. The molecule has 1 atom stereocenters. The van der Waals surface area contributed by atoms with E-state index in [1.165, 1.54) is 13.0 Å². The molecule has 6 heteroatoms. The van der Waals surface area contributed by atoms with Crippen molar-refractivity contribution in [2.75, 3.05) is 5.32 Å². The van der Waals surface area contributed by atoms with E-state index in [9.17, 15) is 9.59 Å². The van der Waals surface area contributed by atoms with Crippen molar-refractivity contribution in [1.82, 2.24) is 0 Å². The third-order valence-electron chi connectivity index (χ3n) is 4.01. The summed E-state index contributed by atoms with van der Waals surface area (Å²) >= 11 is 11.8. The molecule has 0 bridgehead atoms. The van der Waals surface area contributed by atoms with Crippen molar-refractivity contribution >= 4 is 46.8 Å². The van der Waals surface area contributed by atoms with Gasteiger partial charge in [0.2, 0.25) is 0 Å². The molecule has 0 radical (unpaired) electrons. The van der Waals surface area contributed by atoms with Gasteiger partial charge in [-0.2, -0.15) is 0 Å². The van der Waals surface area contributed by atoms with Crippen LogP contribution in [-0.4, -0.2) is 18.0 Å². The van der Waals surface area contributed by atoms with E-state index in [0.29, 0.717) is 15.6 Å². The molecule has 4 nitrogen and oxygen atoms in total. The predicted molar refractivity (Wildman–Crippen MR) is 110 cm³/mol. The average Bonchev–Trinajstić information content (AvgIpc) is 2.64. The lowest BCUT2D eigenvalue weighted by atomic mass is 10.1. The topological polar surface area (TPSA) is 55.4 Å². The van der Waals surface area contributed by atoms with Gasteiger partial charge in [-0.05, 0) is 55.2 Å². The van der Waals surface area contributed by atoms with E-state index in [1.807, 2.05) is 32.0 Å². The minimum Gasteiger partial charge on any atom is -0.449 e. The highest BCUT2D eigenvalue weighted by Crippen LogP contribution is 2.23. The normalized spacial score (nSPS) is 12.0. The molecule has 1 unspecified atom stereocenters. The minimum atomic E-state index is -0.930. The maximum atomic E-state index is 12.4. The second-order valence-corrected chi connectivity index (χ2v) is 6.85. The van der Waals surface area contributed by atoms with Gasteiger partial charge in [0.05, 0.1) is 10.0 Å². The molecule has 0 saturated heterocycles. The maximum Gasteiger partial charge on any atom is 0.331 e. The van der Waals surface area contributed by atoms with E-state index in [0.717, 1.165) is 23.2 Å². The molecule has 0 aliphatic carbocycles. The summed E-state index contributed by atoms with van der Waals surface area (Å²) < 4.78 is 5.18. The molecule has 2 aromatic rings. The van der Waals surface area contributed by atoms with Crippen LogP contribution in [0.1, 0.15) is 30.5 Å². The Morgan fingerprint density at radius 3 is 2.59 bits per heavy atom. The number of para-hydroxylation sites is 1. The summed E-state index contributed by atoms with van der Waals surface area (Å²) in [5, 5.41) is 3.68. The number of anilines is 1. The number of hydrogen-bond donors (Lipinski definition) is 1. The van der Waals surface area contributed by atoms with Gasteiger partial charge in [-0.3, -0.25) is 4.79 Å². The van der Waals surface area contributed by atoms with Crippen molar-refractivity contribution in [3.8, 4) is 0 Å². The lowest BCUT2D eigenvalue weighted by Crippen LogP contribution is -2.30. The number of rotatable bonds is 6. The Labute approximate surface area is 169 Å². The molecule has 1 amide bonds. The largest absolute Gasteiger partial charge is 0.449 e. The maximum absolute atomic E-state index is 12.4. The summed E-state index contributed by atoms with van der Waals surface area (Å²) in [5.74, 6) is -1.00. The summed E-state index contributed by atoms with van der Waals surface area (Å²) in [6.07, 6.45) is 2.65. The molecular weight excluding hydrogens is 385 g/mol. The van der Waals surface area contributed by atoms with Crippen LogP contribution >= 0.6 is 23.2 Å². The van der Waals surface area contributed by atoms with Crippen LogP contribution in [0.3, 0.4) is 0 Å². The van der Waals surface area contributed by atoms with E-state index in [4.69, 9.17) is 27.9 Å². The van der Waals surface area contributed by atoms with Gasteiger partial charge in [-0.1, -0.05) is 54.4 Å². The third kappa shape index (κ3) is 5.84. The quantitative estimate of drug-likeness (QED) is 0.513. The standard InChI is InChI=1S/C21H21Cl2NO3/c1-4-16-7-5-6-13(2)20(16)24-21(26)14(3)27-19(25)11-9-15-8-10-17(22)18(23)12-15/h5-12,14H,4H2,1-3H3,(H,24,26). The molecule has 2 aromatic carbocycles. The number of ether oxygens (including phenoxy) is 1. The van der Waals surface area contributed by atoms with E-state index in [1.54, 1.807) is 24.3 Å². The summed E-state index contributed by atoms with van der Waals surface area (Å²) in [7, 11) is 0. The first-order valence-electron chi connectivity index (χ1n) is 8.55. The first-order valence-corrected chi connectivity index (χ1v) is 9.30. The second kappa shape index (κ2) is 9.58. The van der Waals surface area contributed by atoms with E-state index in [2.05, 4.69) is 5.32 Å². The molecule has 1 N–H and O–H groups in total. The Morgan fingerprint density at radius 1 is 1.19 bits per heavy atom. The fourth-order valence-electron chi connectivity index (χ4n) is 2.47. The number of hydrogen-bond acceptors (Lipinski definition) is 3. The van der Waals surface area contributed by atoms with E-state index < -0.39 is 12.1 Å². The first-order chi connectivity index (χ1) is 12.8. The number of benzene rings is 2. The van der Waals surface area contributed by atoms with Gasteiger partial charge >= 0.3 is 5.97 Å². The second-order valence-electron chi connectivity index (χ2n) is 6.04. The number of halogens is 2. The zero-order valence-corrected chi connectivity index (χ0v) is 16.9. The van der Waals surface area contributed by atoms with E-state index >= 15 is 0 Å². The lowest BCUT2D eigenvalue weighted by Gasteiger charge is -2.16. The summed E-state index contributed by atoms with van der Waals surface area (Å²) in [6, 6.07) is 10.8. The summed E-state index contributed by atoms with van der Waals surface area (Å²) in [4.78, 5) is 24.4. The molecule has 0 aliphatic rings. The molecule has 0 aromatic heterocycles. The SMILES string of the molecule is CCc1cccc(C)c1NC(=O)C(C)OC(=O)C=Cc1ccc(Cl)c(Cl)c1. The Morgan fingerprint density at radius 2 is 1.93 bits per heavy atom. The zero-order valence-electron chi connectivity index (χ0n) is 15.4. The Balaban J connectivity index is 1.98. The van der Waals surface area contributed by atoms with Gasteiger partial charge in [-0.15, -0.1) is 0 Å². The fourth-order valence-corrected chi connectivity index (χ4v) is 2.78. The van der Waals surface area contributed by atoms with Crippen LogP contribution in [0.2, 0.25) is 10.0 Å². The third-order valence-corrected chi connectivity index (χ3v) is 4.74. The monoisotopic (exact) mass is 405 g/mol. The van der Waals surface area contributed by atoms with Crippen molar-refractivity contribution in [1.29, 1.82) is 0 Å². The van der Waals surface area contributed by atoms with Crippen LogP contribution in [0.4, 0.5) is 5.69 Å². The zero-order chi connectivity index (χ0) is 20.0. The number of carbonyl (C=O) groups is 2. The summed E-state index contributed by atoms with van der Waals surface area (Å²) in [5.41, 5.74) is 3.45. The molecule has 142 valence electrons. The Kier molecular flexibility index (Phi) is 7.45. The number of aryl methyl sites for hydroxylation is 2. The molecule has 27 heavy (non-hydrogen) atoms. The van der Waals surface area contributed by atoms with Crippen LogP contribution in [-0.2, 0) is 20.7 Å². The van der Waals surface area contributed by atoms with Gasteiger partial charge in [0.1, 0.15) is 0 Å². The van der Waals surface area contributed by atoms with Gasteiger partial charge in [0.25, 0.3) is 5.91 Å². The number of carbonyl (C=O) groups excluding carboxylic acids is 2. The van der Waals surface area contributed by atoms with Crippen LogP contribution in [0, 0.1) is 6.92 Å². The highest BCUT2D eigenvalue weighted by molar-refractivity contribution is 6.42. The summed E-state index contributed by atoms with van der Waals surface area (Å²) in [6.45, 7) is 5.47. The number of esters is 1. The van der Waals surface area contributed by atoms with Gasteiger partial charge in [0.15, 0.2) is 6.10 Å². The smallest absolute Gasteiger partial charge is 0.331 e. The first kappa shape index (κ1) is 21.0. The molecule has 0 heterocycles. The van der Waals surface area contributed by atoms with Gasteiger partial charge in [-0.25, -0.2) is 4.79 Å². The van der Waals surface area contributed by atoms with Gasteiger partial charge in [0, 0.05) is 11.8 Å². The molecular formula is C21H21Cl2NO3. The number of nitrogens with one attached hydrogen (secondary N) is 1. The Hall–Kier alpha value is -2.30. The van der Waals surface area contributed by atoms with Crippen molar-refractivity contribution in [2.45, 2.75) is 33.3 Å². The highest BCUT2D eigenvalue weighted by atomic mass is 35.5. The van der Waals surface area contributed by atoms with Crippen LogP contribution in [0.25, 0.3) is 6.08 Å². The lowest BCUT2D eigenvalue weighted by molar-refractivity contribution is -0.148. The van der Waals surface area contributed by atoms with Crippen LogP contribution < -0.4 is 5.32 Å². The predicted octanol–water partition coefficient (Wildman–Crippen LogP) is 5.45. The van der Waals surface area contributed by atoms with Crippen molar-refractivity contribution in [3.05, 3.63) is 69.2 Å². The minimum absolute atomic E-state index is 0.379. The van der Waals surface area contributed by atoms with Crippen LogP contribution in [0.5, 0.6) is 0 Å². The van der Waals surface area contributed by atoms with Gasteiger partial charge < -0.3 is 10.1 Å².